The van der Waals surface area contributed by atoms with Gasteiger partial charge in [0.15, 0.2) is 6.10 Å². The summed E-state index contributed by atoms with van der Waals surface area (Å²) in [5.41, 5.74) is 0. The molecule has 0 radical (unpaired) electrons. The predicted octanol–water partition coefficient (Wildman–Crippen LogP) is 19.0. The summed E-state index contributed by atoms with van der Waals surface area (Å²) in [6.07, 6.45) is 80.2. The maximum Gasteiger partial charge on any atom is 0.306 e. The van der Waals surface area contributed by atoms with Crippen molar-refractivity contribution in [3.63, 3.8) is 0 Å². The standard InChI is InChI=1S/C64H102O6/c1-4-7-10-13-16-19-22-25-28-30-31-32-33-35-36-39-42-45-48-51-54-57-63(66)69-60-61(59-68-62(65)56-53-50-47-44-41-38-27-24-21-18-15-12-9-6-3)70-64(67)58-55-52-49-46-43-40-37-34-29-26-23-20-17-14-11-8-5-2/h7-8,10-11,16-17,19-20,25-26,28-29,31-32,35-37,40,42,45-46,49,61H,4-6,9,12-15,18,21-24,27,30,33-34,38-39,41,43-44,47-48,50-60H2,1-3H3/b10-7-,11-8-,19-16-,20-17-,28-25-,29-26-,32-31-,36-35-,40-37-,45-42-,49-46-. The second-order valence-electron chi connectivity index (χ2n) is 18.1. The van der Waals surface area contributed by atoms with Crippen LogP contribution in [-0.4, -0.2) is 37.2 Å². The molecule has 0 rings (SSSR count). The lowest BCUT2D eigenvalue weighted by Crippen LogP contribution is -2.30. The van der Waals surface area contributed by atoms with Crippen LogP contribution in [0.1, 0.15) is 233 Å². The van der Waals surface area contributed by atoms with Gasteiger partial charge in [-0.15, -0.1) is 0 Å². The van der Waals surface area contributed by atoms with Crippen LogP contribution < -0.4 is 0 Å². The van der Waals surface area contributed by atoms with Gasteiger partial charge in [0.05, 0.1) is 0 Å². The van der Waals surface area contributed by atoms with Crippen LogP contribution >= 0.6 is 0 Å². The number of hydrogen-bond donors (Lipinski definition) is 0. The highest BCUT2D eigenvalue weighted by Gasteiger charge is 2.19. The normalized spacial score (nSPS) is 13.1. The molecule has 1 atom stereocenters. The van der Waals surface area contributed by atoms with Crippen LogP contribution in [0, 0.1) is 0 Å². The van der Waals surface area contributed by atoms with Gasteiger partial charge >= 0.3 is 17.9 Å². The molecular weight excluding hydrogens is 865 g/mol. The Kier molecular flexibility index (Phi) is 53.5. The van der Waals surface area contributed by atoms with E-state index in [1.54, 1.807) is 0 Å². The first kappa shape index (κ1) is 65.5. The third-order valence-corrected chi connectivity index (χ3v) is 11.4. The van der Waals surface area contributed by atoms with E-state index in [2.05, 4.69) is 154 Å². The molecule has 0 aromatic heterocycles. The zero-order valence-electron chi connectivity index (χ0n) is 45.0. The molecule has 0 saturated heterocycles. The Bertz CT molecular complexity index is 1530. The average molecular weight is 968 g/mol. The van der Waals surface area contributed by atoms with Crippen molar-refractivity contribution in [2.75, 3.05) is 13.2 Å². The SMILES string of the molecule is CC/C=C\C/C=C\C/C=C\C/C=C\C/C=C\C/C=C\CCCCC(=O)OCC(COC(=O)CCCCCCCCCCCCCCCC)OC(=O)CCC/C=C\C/C=C\C/C=C\C/C=C\C/C=C\CC. The summed E-state index contributed by atoms with van der Waals surface area (Å²) < 4.78 is 16.8. The molecule has 0 aromatic carbocycles. The van der Waals surface area contributed by atoms with Crippen molar-refractivity contribution in [1.29, 1.82) is 0 Å². The maximum absolute atomic E-state index is 12.8. The van der Waals surface area contributed by atoms with Gasteiger partial charge < -0.3 is 14.2 Å². The van der Waals surface area contributed by atoms with Gasteiger partial charge in [0.25, 0.3) is 0 Å². The molecule has 394 valence electrons. The van der Waals surface area contributed by atoms with Gasteiger partial charge in [-0.25, -0.2) is 0 Å². The molecule has 6 heteroatoms. The fraction of sp³-hybridized carbons (Fsp3) is 0.609. The molecule has 70 heavy (non-hydrogen) atoms. The molecule has 6 nitrogen and oxygen atoms in total. The summed E-state index contributed by atoms with van der Waals surface area (Å²) in [5.74, 6) is -1.03. The Morgan fingerprint density at radius 2 is 0.571 bits per heavy atom. The number of allylic oxidation sites excluding steroid dienone is 22. The van der Waals surface area contributed by atoms with Crippen LogP contribution in [0.4, 0.5) is 0 Å². The Hall–Kier alpha value is -4.45. The van der Waals surface area contributed by atoms with E-state index in [0.29, 0.717) is 19.3 Å². The third kappa shape index (κ3) is 54.5. The van der Waals surface area contributed by atoms with Crippen molar-refractivity contribution in [2.24, 2.45) is 0 Å². The Morgan fingerprint density at radius 3 is 0.914 bits per heavy atom. The van der Waals surface area contributed by atoms with E-state index >= 15 is 0 Å². The summed E-state index contributed by atoms with van der Waals surface area (Å²) in [4.78, 5) is 38.1. The van der Waals surface area contributed by atoms with Crippen molar-refractivity contribution >= 4 is 17.9 Å². The van der Waals surface area contributed by atoms with Gasteiger partial charge in [0.1, 0.15) is 13.2 Å². The Balaban J connectivity index is 4.56. The fourth-order valence-electron chi connectivity index (χ4n) is 7.24. The lowest BCUT2D eigenvalue weighted by atomic mass is 10.0. The van der Waals surface area contributed by atoms with Crippen molar-refractivity contribution in [3.05, 3.63) is 134 Å². The monoisotopic (exact) mass is 967 g/mol. The Labute approximate surface area is 430 Å². The fourth-order valence-corrected chi connectivity index (χ4v) is 7.24. The summed E-state index contributed by atoms with van der Waals surface area (Å²) in [7, 11) is 0. The predicted molar refractivity (Wildman–Crippen MR) is 302 cm³/mol. The van der Waals surface area contributed by atoms with Gasteiger partial charge in [0, 0.05) is 19.3 Å². The van der Waals surface area contributed by atoms with Crippen molar-refractivity contribution < 1.29 is 28.6 Å². The second-order valence-corrected chi connectivity index (χ2v) is 18.1. The van der Waals surface area contributed by atoms with Crippen LogP contribution in [0.3, 0.4) is 0 Å². The molecule has 0 aliphatic carbocycles. The van der Waals surface area contributed by atoms with Gasteiger partial charge in [0.2, 0.25) is 0 Å². The van der Waals surface area contributed by atoms with Crippen LogP contribution in [0.15, 0.2) is 134 Å². The summed E-state index contributed by atoms with van der Waals surface area (Å²) in [5, 5.41) is 0. The number of unbranched alkanes of at least 4 members (excludes halogenated alkanes) is 16. The maximum atomic E-state index is 12.8. The number of rotatable bonds is 49. The van der Waals surface area contributed by atoms with Gasteiger partial charge in [-0.2, -0.15) is 0 Å². The summed E-state index contributed by atoms with van der Waals surface area (Å²) >= 11 is 0. The van der Waals surface area contributed by atoms with E-state index in [1.165, 1.54) is 70.6 Å². The molecule has 0 amide bonds. The summed E-state index contributed by atoms with van der Waals surface area (Å²) in [6, 6.07) is 0. The molecule has 1 unspecified atom stereocenters. The lowest BCUT2D eigenvalue weighted by molar-refractivity contribution is -0.167. The van der Waals surface area contributed by atoms with E-state index in [9.17, 15) is 14.4 Å². The number of carbonyl (C=O) groups is 3. The average Bonchev–Trinajstić information content (AvgIpc) is 3.36. The van der Waals surface area contributed by atoms with Gasteiger partial charge in [-0.1, -0.05) is 238 Å². The van der Waals surface area contributed by atoms with E-state index in [-0.39, 0.29) is 44.0 Å². The van der Waals surface area contributed by atoms with E-state index in [0.717, 1.165) is 109 Å². The second kappa shape index (κ2) is 57.1. The number of carbonyl (C=O) groups excluding carboxylic acids is 3. The van der Waals surface area contributed by atoms with Gasteiger partial charge in [-0.3, -0.25) is 14.4 Å². The van der Waals surface area contributed by atoms with Crippen LogP contribution in [0.2, 0.25) is 0 Å². The lowest BCUT2D eigenvalue weighted by Gasteiger charge is -2.18. The zero-order valence-corrected chi connectivity index (χ0v) is 45.0. The quantitative estimate of drug-likeness (QED) is 0.0262. The molecule has 0 bridgehead atoms. The largest absolute Gasteiger partial charge is 0.462 e. The van der Waals surface area contributed by atoms with Crippen LogP contribution in [0.5, 0.6) is 0 Å². The van der Waals surface area contributed by atoms with Crippen LogP contribution in [-0.2, 0) is 28.6 Å². The van der Waals surface area contributed by atoms with Crippen LogP contribution in [0.25, 0.3) is 0 Å². The number of esters is 3. The molecule has 0 N–H and O–H groups in total. The minimum Gasteiger partial charge on any atom is -0.462 e. The van der Waals surface area contributed by atoms with Gasteiger partial charge in [-0.05, 0) is 109 Å². The molecular formula is C64H102O6. The number of ether oxygens (including phenoxy) is 3. The first-order valence-corrected chi connectivity index (χ1v) is 28.2. The van der Waals surface area contributed by atoms with E-state index in [1.807, 2.05) is 0 Å². The molecule has 0 spiro atoms. The van der Waals surface area contributed by atoms with Crippen molar-refractivity contribution in [3.8, 4) is 0 Å². The highest BCUT2D eigenvalue weighted by molar-refractivity contribution is 5.71. The van der Waals surface area contributed by atoms with Crippen molar-refractivity contribution in [1.82, 2.24) is 0 Å². The van der Waals surface area contributed by atoms with E-state index in [4.69, 9.17) is 14.2 Å². The molecule has 0 aliphatic heterocycles. The highest BCUT2D eigenvalue weighted by atomic mass is 16.6. The smallest absolute Gasteiger partial charge is 0.306 e. The Morgan fingerprint density at radius 1 is 0.300 bits per heavy atom. The van der Waals surface area contributed by atoms with E-state index < -0.39 is 6.10 Å². The third-order valence-electron chi connectivity index (χ3n) is 11.4. The highest BCUT2D eigenvalue weighted by Crippen LogP contribution is 2.14. The minimum atomic E-state index is -0.829. The molecule has 0 aromatic rings. The first-order valence-electron chi connectivity index (χ1n) is 28.2. The molecule has 0 fully saturated rings. The molecule has 0 aliphatic rings. The first-order chi connectivity index (χ1) is 34.5. The molecule has 0 heterocycles. The summed E-state index contributed by atoms with van der Waals surface area (Å²) in [6.45, 7) is 6.32. The topological polar surface area (TPSA) is 78.9 Å². The zero-order chi connectivity index (χ0) is 50.7. The number of hydrogen-bond acceptors (Lipinski definition) is 6. The minimum absolute atomic E-state index is 0.117. The van der Waals surface area contributed by atoms with Crippen molar-refractivity contribution in [2.45, 2.75) is 239 Å². The molecule has 0 saturated carbocycles.